The minimum atomic E-state index is -0.0550. The van der Waals surface area contributed by atoms with Gasteiger partial charge in [-0.1, -0.05) is 97.8 Å². The Balaban J connectivity index is 3.33. The summed E-state index contributed by atoms with van der Waals surface area (Å²) in [5, 5.41) is 0. The second kappa shape index (κ2) is 21.6. The van der Waals surface area contributed by atoms with Gasteiger partial charge in [-0.05, 0) is 25.2 Å². The van der Waals surface area contributed by atoms with Gasteiger partial charge in [-0.2, -0.15) is 0 Å². The molecule has 4 nitrogen and oxygen atoms in total. The van der Waals surface area contributed by atoms with Gasteiger partial charge in [0.15, 0.2) is 0 Å². The number of hydrogen-bond donors (Lipinski definition) is 0. The van der Waals surface area contributed by atoms with Crippen molar-refractivity contribution in [1.29, 1.82) is 0 Å². The smallest absolute Gasteiger partial charge is 0.305 e. The number of hydrogen-bond acceptors (Lipinski definition) is 4. The van der Waals surface area contributed by atoms with E-state index in [9.17, 15) is 9.59 Å². The van der Waals surface area contributed by atoms with E-state index in [1.807, 2.05) is 0 Å². The Morgan fingerprint density at radius 3 is 1.55 bits per heavy atom. The zero-order valence-corrected chi connectivity index (χ0v) is 19.6. The van der Waals surface area contributed by atoms with E-state index in [0.717, 1.165) is 57.8 Å². The molecule has 0 rings (SSSR count). The topological polar surface area (TPSA) is 52.6 Å². The number of carbonyl (C=O) groups excluding carboxylic acids is 2. The molecule has 0 aromatic carbocycles. The van der Waals surface area contributed by atoms with Crippen LogP contribution in [0.5, 0.6) is 0 Å². The number of ether oxygens (including phenoxy) is 2. The number of esters is 2. The first-order valence-electron chi connectivity index (χ1n) is 12.4. The summed E-state index contributed by atoms with van der Waals surface area (Å²) in [4.78, 5) is 23.4. The standard InChI is InChI=1S/C25H48O4/c1-4-7-8-9-12-15-18-21-28-24(26)19-16-13-10-11-14-17-20-25(27)29-22-23(5-2)6-3/h23H,4-22H2,1-3H3. The average molecular weight is 413 g/mol. The lowest BCUT2D eigenvalue weighted by atomic mass is 10.1. The Hall–Kier alpha value is -1.06. The summed E-state index contributed by atoms with van der Waals surface area (Å²) in [7, 11) is 0. The molecule has 0 aliphatic heterocycles. The molecule has 0 unspecified atom stereocenters. The molecule has 172 valence electrons. The van der Waals surface area contributed by atoms with E-state index in [0.29, 0.717) is 32.0 Å². The van der Waals surface area contributed by atoms with Gasteiger partial charge in [-0.25, -0.2) is 0 Å². The minimum Gasteiger partial charge on any atom is -0.466 e. The molecule has 0 fully saturated rings. The lowest BCUT2D eigenvalue weighted by Gasteiger charge is -2.12. The summed E-state index contributed by atoms with van der Waals surface area (Å²) in [5.41, 5.74) is 0. The van der Waals surface area contributed by atoms with Gasteiger partial charge in [0.1, 0.15) is 0 Å². The Bertz CT molecular complexity index is 377. The molecule has 4 heteroatoms. The van der Waals surface area contributed by atoms with Crippen molar-refractivity contribution >= 4 is 11.9 Å². The van der Waals surface area contributed by atoms with Crippen LogP contribution in [0.15, 0.2) is 0 Å². The third-order valence-electron chi connectivity index (χ3n) is 5.66. The van der Waals surface area contributed by atoms with Crippen molar-refractivity contribution in [2.24, 2.45) is 5.92 Å². The highest BCUT2D eigenvalue weighted by Crippen LogP contribution is 2.12. The first kappa shape index (κ1) is 27.9. The summed E-state index contributed by atoms with van der Waals surface area (Å²) in [5.74, 6) is 0.401. The monoisotopic (exact) mass is 412 g/mol. The van der Waals surface area contributed by atoms with Crippen molar-refractivity contribution in [3.63, 3.8) is 0 Å². The van der Waals surface area contributed by atoms with Crippen molar-refractivity contribution in [3.05, 3.63) is 0 Å². The largest absolute Gasteiger partial charge is 0.466 e. The predicted molar refractivity (Wildman–Crippen MR) is 121 cm³/mol. The van der Waals surface area contributed by atoms with Crippen molar-refractivity contribution in [1.82, 2.24) is 0 Å². The van der Waals surface area contributed by atoms with E-state index in [2.05, 4.69) is 20.8 Å². The summed E-state index contributed by atoms with van der Waals surface area (Å²) < 4.78 is 10.6. The fourth-order valence-corrected chi connectivity index (χ4v) is 3.37. The SMILES string of the molecule is CCCCCCCCCOC(=O)CCCCCCCCC(=O)OCC(CC)CC. The minimum absolute atomic E-state index is 0.0452. The summed E-state index contributed by atoms with van der Waals surface area (Å²) >= 11 is 0. The molecule has 0 saturated heterocycles. The number of carbonyl (C=O) groups is 2. The van der Waals surface area contributed by atoms with Gasteiger partial charge in [-0.15, -0.1) is 0 Å². The van der Waals surface area contributed by atoms with Gasteiger partial charge in [0.2, 0.25) is 0 Å². The lowest BCUT2D eigenvalue weighted by Crippen LogP contribution is -2.12. The highest BCUT2D eigenvalue weighted by atomic mass is 16.5. The quantitative estimate of drug-likeness (QED) is 0.146. The molecule has 0 radical (unpaired) electrons. The fourth-order valence-electron chi connectivity index (χ4n) is 3.37. The van der Waals surface area contributed by atoms with Crippen LogP contribution in [-0.4, -0.2) is 25.2 Å². The van der Waals surface area contributed by atoms with E-state index in [-0.39, 0.29) is 11.9 Å². The third kappa shape index (κ3) is 20.0. The molecule has 29 heavy (non-hydrogen) atoms. The van der Waals surface area contributed by atoms with E-state index in [1.165, 1.54) is 38.5 Å². The van der Waals surface area contributed by atoms with Crippen molar-refractivity contribution in [2.45, 2.75) is 130 Å². The Morgan fingerprint density at radius 1 is 0.586 bits per heavy atom. The Morgan fingerprint density at radius 2 is 1.03 bits per heavy atom. The predicted octanol–water partition coefficient (Wildman–Crippen LogP) is 7.38. The highest BCUT2D eigenvalue weighted by molar-refractivity contribution is 5.69. The van der Waals surface area contributed by atoms with Crippen LogP contribution in [-0.2, 0) is 19.1 Å². The van der Waals surface area contributed by atoms with Crippen LogP contribution >= 0.6 is 0 Å². The van der Waals surface area contributed by atoms with Gasteiger partial charge in [0, 0.05) is 12.8 Å². The zero-order valence-electron chi connectivity index (χ0n) is 19.6. The van der Waals surface area contributed by atoms with Crippen molar-refractivity contribution < 1.29 is 19.1 Å². The average Bonchev–Trinajstić information content (AvgIpc) is 2.72. The van der Waals surface area contributed by atoms with Gasteiger partial charge in [0.25, 0.3) is 0 Å². The normalized spacial score (nSPS) is 11.0. The molecular formula is C25H48O4. The first-order chi connectivity index (χ1) is 14.1. The van der Waals surface area contributed by atoms with Crippen LogP contribution in [0.2, 0.25) is 0 Å². The molecule has 0 saturated carbocycles. The maximum Gasteiger partial charge on any atom is 0.305 e. The third-order valence-corrected chi connectivity index (χ3v) is 5.66. The molecule has 0 aromatic rings. The molecule has 0 amide bonds. The second-order valence-electron chi connectivity index (χ2n) is 8.33. The maximum absolute atomic E-state index is 11.7. The lowest BCUT2D eigenvalue weighted by molar-refractivity contribution is -0.145. The zero-order chi connectivity index (χ0) is 21.6. The molecular weight excluding hydrogens is 364 g/mol. The van der Waals surface area contributed by atoms with Gasteiger partial charge >= 0.3 is 11.9 Å². The van der Waals surface area contributed by atoms with Crippen LogP contribution in [0, 0.1) is 5.92 Å². The molecule has 0 bridgehead atoms. The van der Waals surface area contributed by atoms with Crippen LogP contribution in [0.4, 0.5) is 0 Å². The second-order valence-corrected chi connectivity index (χ2v) is 8.33. The molecule has 0 N–H and O–H groups in total. The van der Waals surface area contributed by atoms with E-state index in [4.69, 9.17) is 9.47 Å². The highest BCUT2D eigenvalue weighted by Gasteiger charge is 2.08. The van der Waals surface area contributed by atoms with Crippen LogP contribution in [0.3, 0.4) is 0 Å². The molecule has 0 aliphatic rings. The Labute approximate surface area is 180 Å². The molecule has 0 spiro atoms. The summed E-state index contributed by atoms with van der Waals surface area (Å²) in [6.07, 6.45) is 18.1. The number of unbranched alkanes of at least 4 members (excludes halogenated alkanes) is 11. The molecule has 0 aromatic heterocycles. The van der Waals surface area contributed by atoms with Gasteiger partial charge < -0.3 is 9.47 Å². The molecule has 0 heterocycles. The summed E-state index contributed by atoms with van der Waals surface area (Å²) in [6.45, 7) is 7.66. The van der Waals surface area contributed by atoms with Crippen molar-refractivity contribution in [3.8, 4) is 0 Å². The van der Waals surface area contributed by atoms with Gasteiger partial charge in [-0.3, -0.25) is 9.59 Å². The van der Waals surface area contributed by atoms with Crippen LogP contribution < -0.4 is 0 Å². The number of rotatable bonds is 21. The van der Waals surface area contributed by atoms with Crippen molar-refractivity contribution in [2.75, 3.05) is 13.2 Å². The van der Waals surface area contributed by atoms with E-state index in [1.54, 1.807) is 0 Å². The summed E-state index contributed by atoms with van der Waals surface area (Å²) in [6, 6.07) is 0. The first-order valence-corrected chi connectivity index (χ1v) is 12.4. The maximum atomic E-state index is 11.7. The van der Waals surface area contributed by atoms with E-state index < -0.39 is 0 Å². The van der Waals surface area contributed by atoms with Crippen LogP contribution in [0.25, 0.3) is 0 Å². The van der Waals surface area contributed by atoms with Gasteiger partial charge in [0.05, 0.1) is 13.2 Å². The molecule has 0 atom stereocenters. The molecule has 0 aliphatic carbocycles. The van der Waals surface area contributed by atoms with E-state index >= 15 is 0 Å². The Kier molecular flexibility index (Phi) is 20.9. The fraction of sp³-hybridized carbons (Fsp3) is 0.920. The van der Waals surface area contributed by atoms with Crippen LogP contribution in [0.1, 0.15) is 130 Å².